The highest BCUT2D eigenvalue weighted by atomic mass is 16.4. The lowest BCUT2D eigenvalue weighted by Crippen LogP contribution is -2.49. The summed E-state index contributed by atoms with van der Waals surface area (Å²) in [5, 5.41) is 18.1. The van der Waals surface area contributed by atoms with Crippen LogP contribution in [-0.2, 0) is 27.2 Å². The van der Waals surface area contributed by atoms with Crippen molar-refractivity contribution in [2.24, 2.45) is 11.8 Å². The summed E-state index contributed by atoms with van der Waals surface area (Å²) in [6.07, 6.45) is 9.20. The first-order valence-corrected chi connectivity index (χ1v) is 20.0. The van der Waals surface area contributed by atoms with Gasteiger partial charge in [0.05, 0.1) is 12.1 Å². The van der Waals surface area contributed by atoms with E-state index in [1.54, 1.807) is 0 Å². The number of carboxylic acid groups (broad SMARTS) is 1. The normalized spacial score (nSPS) is 21.5. The number of hydrogen-bond acceptors (Lipinski definition) is 9. The number of benzene rings is 1. The van der Waals surface area contributed by atoms with Gasteiger partial charge >= 0.3 is 5.97 Å². The van der Waals surface area contributed by atoms with Crippen LogP contribution in [0.15, 0.2) is 42.1 Å². The Labute approximate surface area is 316 Å². The zero-order valence-corrected chi connectivity index (χ0v) is 32.6. The number of fused-ring (bicyclic) bond motifs is 1. The van der Waals surface area contributed by atoms with Crippen molar-refractivity contribution in [2.75, 3.05) is 74.6 Å². The largest absolute Gasteiger partial charge is 0.481 e. The van der Waals surface area contributed by atoms with Crippen molar-refractivity contribution < 1.29 is 19.5 Å². The van der Waals surface area contributed by atoms with Gasteiger partial charge in [0.2, 0.25) is 5.91 Å². The number of likely N-dealkylation sites (N-methyl/N-ethyl adjacent to an activating group) is 1. The zero-order chi connectivity index (χ0) is 37.6. The molecule has 2 aromatic rings. The van der Waals surface area contributed by atoms with Crippen molar-refractivity contribution in [1.29, 1.82) is 0 Å². The van der Waals surface area contributed by atoms with Gasteiger partial charge < -0.3 is 25.1 Å². The Hall–Kier alpha value is -3.96. The molecule has 0 aliphatic carbocycles. The summed E-state index contributed by atoms with van der Waals surface area (Å²) >= 11 is 0. The Morgan fingerprint density at radius 1 is 1.02 bits per heavy atom. The summed E-state index contributed by atoms with van der Waals surface area (Å²) in [5.74, 6) is 1.01. The minimum Gasteiger partial charge on any atom is -0.481 e. The predicted octanol–water partition coefficient (Wildman–Crippen LogP) is 5.96. The van der Waals surface area contributed by atoms with E-state index in [-0.39, 0.29) is 36.0 Å². The highest BCUT2D eigenvalue weighted by Crippen LogP contribution is 2.37. The Kier molecular flexibility index (Phi) is 12.8. The number of piperazine rings is 1. The summed E-state index contributed by atoms with van der Waals surface area (Å²) < 4.78 is 0. The molecule has 2 saturated heterocycles. The molecular weight excluding hydrogens is 667 g/mol. The van der Waals surface area contributed by atoms with Gasteiger partial charge in [0.15, 0.2) is 0 Å². The van der Waals surface area contributed by atoms with E-state index in [1.807, 2.05) is 18.7 Å². The predicted molar refractivity (Wildman–Crippen MR) is 211 cm³/mol. The first kappa shape index (κ1) is 38.8. The molecule has 0 bridgehead atoms. The molecule has 1 aromatic heterocycles. The molecule has 4 aliphatic heterocycles. The molecule has 4 aliphatic rings. The lowest BCUT2D eigenvalue weighted by Gasteiger charge is -2.38. The number of nitrogens with one attached hydrogen (secondary N) is 1. The number of hydrogen-bond donors (Lipinski definition) is 2. The number of rotatable bonds is 15. The Bertz CT molecular complexity index is 1650. The van der Waals surface area contributed by atoms with Gasteiger partial charge in [0.25, 0.3) is 0 Å². The molecule has 5 heterocycles. The maximum atomic E-state index is 13.0. The first-order valence-electron chi connectivity index (χ1n) is 20.0. The van der Waals surface area contributed by atoms with E-state index < -0.39 is 5.97 Å². The van der Waals surface area contributed by atoms with E-state index in [1.165, 1.54) is 5.56 Å². The van der Waals surface area contributed by atoms with E-state index in [4.69, 9.17) is 4.98 Å². The molecule has 2 N–H and O–H groups in total. The highest BCUT2D eigenvalue weighted by molar-refractivity contribution is 5.81. The van der Waals surface area contributed by atoms with Gasteiger partial charge in [-0.3, -0.25) is 19.4 Å². The van der Waals surface area contributed by atoms with E-state index in [0.29, 0.717) is 57.9 Å². The van der Waals surface area contributed by atoms with Crippen LogP contribution in [0.2, 0.25) is 0 Å². The van der Waals surface area contributed by atoms with E-state index in [9.17, 15) is 19.5 Å². The second-order valence-electron chi connectivity index (χ2n) is 16.1. The fraction of sp³-hybridized carbons (Fsp3) is 0.619. The number of ketones is 1. The number of hydrazine groups is 1. The number of aliphatic carboxylic acids is 1. The molecule has 11 heteroatoms. The van der Waals surface area contributed by atoms with Crippen LogP contribution in [0.4, 0.5) is 17.2 Å². The van der Waals surface area contributed by atoms with Crippen molar-refractivity contribution in [3.63, 3.8) is 0 Å². The molecule has 1 aromatic carbocycles. The van der Waals surface area contributed by atoms with Crippen molar-refractivity contribution in [3.8, 4) is 0 Å². The second kappa shape index (κ2) is 17.5. The molecule has 2 fully saturated rings. The number of likely N-dealkylation sites (tertiary alicyclic amines) is 1. The van der Waals surface area contributed by atoms with Gasteiger partial charge in [-0.1, -0.05) is 19.9 Å². The Morgan fingerprint density at radius 3 is 2.51 bits per heavy atom. The zero-order valence-electron chi connectivity index (χ0n) is 32.6. The van der Waals surface area contributed by atoms with Gasteiger partial charge in [-0.15, -0.1) is 0 Å². The summed E-state index contributed by atoms with van der Waals surface area (Å²) in [4.78, 5) is 49.1. The third-order valence-corrected chi connectivity index (χ3v) is 11.8. The number of carbonyl (C=O) groups excluding carboxylic acids is 2. The molecule has 53 heavy (non-hydrogen) atoms. The number of aryl methyl sites for hydroxylation is 2. The highest BCUT2D eigenvalue weighted by Gasteiger charge is 2.31. The minimum atomic E-state index is -0.782. The summed E-state index contributed by atoms with van der Waals surface area (Å²) in [6.45, 7) is 14.4. The van der Waals surface area contributed by atoms with Crippen LogP contribution in [0.3, 0.4) is 0 Å². The van der Waals surface area contributed by atoms with Crippen molar-refractivity contribution in [1.82, 2.24) is 19.8 Å². The first-order chi connectivity index (χ1) is 25.4. The molecule has 0 radical (unpaired) electrons. The van der Waals surface area contributed by atoms with E-state index in [2.05, 4.69) is 82.4 Å². The number of Topliss-reactive ketones (excluding diaryl/α,β-unsaturated/α-hetero) is 1. The molecule has 11 nitrogen and oxygen atoms in total. The standard InChI is InChI=1S/C42H61N7O4/c1-29(2)39(50)9-6-10-40(51)48-20-18-47(19-21-48)37-23-34(24-38(26-37)49-31(4)22-30(3)45(49)5)35(25-41(52)53)28-46-17-15-32(27-46)11-13-36-14-12-33-8-7-16-43-42(33)44-36/h12,14,22-24,26,29-30,32,35H,6-11,13,15-21,25,27-28H2,1-5H3,(H,43,44)(H,52,53)/t30?,32-,35+/m1/s1. The minimum absolute atomic E-state index is 0.00507. The van der Waals surface area contributed by atoms with Crippen molar-refractivity contribution in [3.05, 3.63) is 58.9 Å². The summed E-state index contributed by atoms with van der Waals surface area (Å²) in [7, 11) is 2.10. The third-order valence-electron chi connectivity index (χ3n) is 11.8. The van der Waals surface area contributed by atoms with Crippen LogP contribution in [0.25, 0.3) is 0 Å². The molecular formula is C42H61N7O4. The molecule has 6 rings (SSSR count). The van der Waals surface area contributed by atoms with Crippen LogP contribution in [0.1, 0.15) is 95.4 Å². The van der Waals surface area contributed by atoms with Crippen LogP contribution < -0.4 is 15.2 Å². The average molecular weight is 728 g/mol. The quantitative estimate of drug-likeness (QED) is 0.228. The number of nitrogens with zero attached hydrogens (tertiary/aromatic N) is 6. The summed E-state index contributed by atoms with van der Waals surface area (Å²) in [6, 6.07) is 11.3. The summed E-state index contributed by atoms with van der Waals surface area (Å²) in [5.41, 5.74) is 6.76. The van der Waals surface area contributed by atoms with Gasteiger partial charge in [0.1, 0.15) is 11.6 Å². The molecule has 0 spiro atoms. The maximum Gasteiger partial charge on any atom is 0.304 e. The number of carbonyl (C=O) groups is 3. The molecule has 3 atom stereocenters. The number of amides is 1. The van der Waals surface area contributed by atoms with Gasteiger partial charge in [0, 0.05) is 101 Å². The Balaban J connectivity index is 1.14. The van der Waals surface area contributed by atoms with Crippen LogP contribution >= 0.6 is 0 Å². The lowest BCUT2D eigenvalue weighted by atomic mass is 9.93. The topological polar surface area (TPSA) is 113 Å². The molecule has 288 valence electrons. The molecule has 0 saturated carbocycles. The number of anilines is 3. The van der Waals surface area contributed by atoms with Crippen molar-refractivity contribution in [2.45, 2.75) is 97.4 Å². The number of allylic oxidation sites excluding steroid dienone is 1. The van der Waals surface area contributed by atoms with Crippen LogP contribution in [-0.4, -0.2) is 108 Å². The third kappa shape index (κ3) is 9.78. The average Bonchev–Trinajstić information content (AvgIpc) is 3.70. The Morgan fingerprint density at radius 2 is 1.79 bits per heavy atom. The number of pyridine rings is 1. The van der Waals surface area contributed by atoms with Crippen LogP contribution in [0, 0.1) is 11.8 Å². The molecule has 1 unspecified atom stereocenters. The SMILES string of the molecule is CC1=CC(C)N(C)N1c1cc([C@@H](CC(=O)O)CN2CC[C@@H](CCc3ccc4c(n3)NCCC4)C2)cc(N2CCN(C(=O)CCCC(=O)C(C)C)CC2)c1. The smallest absolute Gasteiger partial charge is 0.304 e. The monoisotopic (exact) mass is 727 g/mol. The molecule has 1 amide bonds. The van der Waals surface area contributed by atoms with E-state index >= 15 is 0 Å². The van der Waals surface area contributed by atoms with Gasteiger partial charge in [-0.2, -0.15) is 0 Å². The lowest BCUT2D eigenvalue weighted by molar-refractivity contribution is -0.137. The van der Waals surface area contributed by atoms with E-state index in [0.717, 1.165) is 85.9 Å². The van der Waals surface area contributed by atoms with Gasteiger partial charge in [-0.05, 0) is 106 Å². The number of carboxylic acids is 1. The van der Waals surface area contributed by atoms with Gasteiger partial charge in [-0.25, -0.2) is 9.99 Å². The van der Waals surface area contributed by atoms with Crippen molar-refractivity contribution >= 4 is 34.9 Å². The fourth-order valence-electron chi connectivity index (χ4n) is 8.56. The second-order valence-corrected chi connectivity index (χ2v) is 16.1. The fourth-order valence-corrected chi connectivity index (χ4v) is 8.56. The van der Waals surface area contributed by atoms with Crippen LogP contribution in [0.5, 0.6) is 0 Å². The maximum absolute atomic E-state index is 13.0. The number of aromatic nitrogens is 1.